The van der Waals surface area contributed by atoms with E-state index in [0.717, 1.165) is 39.0 Å². The normalized spacial score (nSPS) is 13.7. The van der Waals surface area contributed by atoms with Crippen LogP contribution < -0.4 is 15.5 Å². The maximum Gasteiger partial charge on any atom is 0.255 e. The number of pyridine rings is 1. The highest BCUT2D eigenvalue weighted by molar-refractivity contribution is 6.06. The van der Waals surface area contributed by atoms with Gasteiger partial charge in [0.25, 0.3) is 11.8 Å². The van der Waals surface area contributed by atoms with Gasteiger partial charge in [-0.2, -0.15) is 0 Å². The zero-order valence-electron chi connectivity index (χ0n) is 17.9. The van der Waals surface area contributed by atoms with Gasteiger partial charge in [-0.1, -0.05) is 32.0 Å². The predicted octanol–water partition coefficient (Wildman–Crippen LogP) is 3.01. The van der Waals surface area contributed by atoms with Gasteiger partial charge in [0, 0.05) is 51.0 Å². The Kier molecular flexibility index (Phi) is 7.79. The first-order valence-electron chi connectivity index (χ1n) is 10.8. The third-order valence-corrected chi connectivity index (χ3v) is 5.09. The lowest BCUT2D eigenvalue weighted by Gasteiger charge is -2.30. The summed E-state index contributed by atoms with van der Waals surface area (Å²) in [5.74, 6) is 0.445. The van der Waals surface area contributed by atoms with E-state index in [2.05, 4.69) is 34.4 Å². The minimum Gasteiger partial charge on any atom is -0.352 e. The number of rotatable bonds is 8. The lowest BCUT2D eigenvalue weighted by Crippen LogP contribution is -2.44. The van der Waals surface area contributed by atoms with Gasteiger partial charge in [-0.15, -0.1) is 0 Å². The van der Waals surface area contributed by atoms with E-state index in [1.165, 1.54) is 0 Å². The molecule has 160 valence electrons. The zero-order chi connectivity index (χ0) is 21.3. The van der Waals surface area contributed by atoms with Crippen LogP contribution in [-0.4, -0.2) is 61.0 Å². The number of anilines is 2. The Morgan fingerprint density at radius 3 is 2.37 bits per heavy atom. The Morgan fingerprint density at radius 2 is 1.73 bits per heavy atom. The molecule has 0 aliphatic carbocycles. The van der Waals surface area contributed by atoms with E-state index in [4.69, 9.17) is 0 Å². The summed E-state index contributed by atoms with van der Waals surface area (Å²) in [5.41, 5.74) is 1.64. The van der Waals surface area contributed by atoms with Crippen molar-refractivity contribution in [1.82, 2.24) is 15.2 Å². The van der Waals surface area contributed by atoms with Crippen LogP contribution in [0.15, 0.2) is 42.6 Å². The minimum atomic E-state index is -0.211. The van der Waals surface area contributed by atoms with Gasteiger partial charge in [0.15, 0.2) is 5.82 Å². The maximum atomic E-state index is 13.1. The van der Waals surface area contributed by atoms with Crippen LogP contribution in [-0.2, 0) is 0 Å². The lowest BCUT2D eigenvalue weighted by molar-refractivity contribution is 0.0755. The molecule has 1 saturated heterocycles. The van der Waals surface area contributed by atoms with E-state index < -0.39 is 0 Å². The smallest absolute Gasteiger partial charge is 0.255 e. The number of hydrogen-bond acceptors (Lipinski definition) is 5. The van der Waals surface area contributed by atoms with Crippen LogP contribution in [0.4, 0.5) is 11.5 Å². The summed E-state index contributed by atoms with van der Waals surface area (Å²) < 4.78 is 0. The highest BCUT2D eigenvalue weighted by atomic mass is 16.2. The van der Waals surface area contributed by atoms with Gasteiger partial charge in [0.05, 0.1) is 11.3 Å². The molecular formula is C23H31N5O2. The van der Waals surface area contributed by atoms with Gasteiger partial charge in [-0.3, -0.25) is 9.59 Å². The monoisotopic (exact) mass is 409 g/mol. The number of carbonyl (C=O) groups excluding carboxylic acids is 2. The van der Waals surface area contributed by atoms with Gasteiger partial charge in [0.2, 0.25) is 0 Å². The van der Waals surface area contributed by atoms with Crippen molar-refractivity contribution in [2.75, 3.05) is 49.5 Å². The van der Waals surface area contributed by atoms with Crippen LogP contribution in [0.5, 0.6) is 0 Å². The Labute approximate surface area is 178 Å². The molecule has 1 fully saturated rings. The number of amides is 2. The third kappa shape index (κ3) is 5.36. The molecule has 7 heteroatoms. The van der Waals surface area contributed by atoms with E-state index in [9.17, 15) is 9.59 Å². The topological polar surface area (TPSA) is 77.6 Å². The molecule has 1 aliphatic heterocycles. The van der Waals surface area contributed by atoms with Crippen molar-refractivity contribution >= 4 is 23.3 Å². The van der Waals surface area contributed by atoms with Gasteiger partial charge in [-0.05, 0) is 31.0 Å². The van der Waals surface area contributed by atoms with Gasteiger partial charge in [0.1, 0.15) is 0 Å². The highest BCUT2D eigenvalue weighted by Gasteiger charge is 2.21. The van der Waals surface area contributed by atoms with Crippen molar-refractivity contribution in [3.8, 4) is 0 Å². The number of benzene rings is 1. The van der Waals surface area contributed by atoms with Gasteiger partial charge >= 0.3 is 0 Å². The number of nitrogens with zero attached hydrogens (tertiary/aromatic N) is 3. The summed E-state index contributed by atoms with van der Waals surface area (Å²) in [6.07, 6.45) is 3.43. The molecule has 3 rings (SSSR count). The predicted molar refractivity (Wildman–Crippen MR) is 120 cm³/mol. The molecule has 0 atom stereocenters. The first kappa shape index (κ1) is 21.8. The molecule has 7 nitrogen and oxygen atoms in total. The first-order valence-corrected chi connectivity index (χ1v) is 10.8. The first-order chi connectivity index (χ1) is 14.6. The van der Waals surface area contributed by atoms with E-state index in [0.29, 0.717) is 35.7 Å². The molecule has 2 aromatic rings. The average Bonchev–Trinajstić information content (AvgIpc) is 2.79. The molecule has 0 radical (unpaired) electrons. The molecule has 0 saturated carbocycles. The number of aromatic nitrogens is 1. The average molecular weight is 410 g/mol. The molecule has 0 bridgehead atoms. The van der Waals surface area contributed by atoms with Gasteiger partial charge < -0.3 is 20.4 Å². The lowest BCUT2D eigenvalue weighted by atomic mass is 10.1. The fourth-order valence-corrected chi connectivity index (χ4v) is 3.62. The minimum absolute atomic E-state index is 0.0479. The fraction of sp³-hybridized carbons (Fsp3) is 0.435. The molecule has 1 aromatic heterocycles. The van der Waals surface area contributed by atoms with Crippen molar-refractivity contribution in [2.24, 2.45) is 0 Å². The summed E-state index contributed by atoms with van der Waals surface area (Å²) in [7, 11) is 0. The zero-order valence-corrected chi connectivity index (χ0v) is 17.9. The second kappa shape index (κ2) is 10.7. The molecule has 1 aliphatic rings. The number of hydrogen-bond donors (Lipinski definition) is 2. The van der Waals surface area contributed by atoms with Crippen molar-refractivity contribution < 1.29 is 9.59 Å². The summed E-state index contributed by atoms with van der Waals surface area (Å²) in [6, 6.07) is 10.8. The standard InChI is InChI=1S/C23H31N5O2/c1-3-12-28(13-4-2)23(30)19-16-20(26-22(29)18-8-6-5-7-9-18)21(25-17-19)27-14-10-24-11-15-27/h5-9,16-17,24H,3-4,10-15H2,1-2H3,(H,26,29). The molecular weight excluding hydrogens is 378 g/mol. The van der Waals surface area contributed by atoms with Crippen molar-refractivity contribution in [3.63, 3.8) is 0 Å². The molecule has 2 amide bonds. The van der Waals surface area contributed by atoms with Crippen LogP contribution >= 0.6 is 0 Å². The molecule has 0 spiro atoms. The molecule has 1 aromatic carbocycles. The molecule has 0 unspecified atom stereocenters. The Bertz CT molecular complexity index is 844. The summed E-state index contributed by atoms with van der Waals surface area (Å²) in [5, 5.41) is 6.31. The molecule has 2 heterocycles. The van der Waals surface area contributed by atoms with Crippen LogP contribution in [0, 0.1) is 0 Å². The summed E-state index contributed by atoms with van der Waals surface area (Å²) in [4.78, 5) is 34.5. The van der Waals surface area contributed by atoms with Crippen molar-refractivity contribution in [1.29, 1.82) is 0 Å². The second-order valence-corrected chi connectivity index (χ2v) is 7.44. The van der Waals surface area contributed by atoms with E-state index >= 15 is 0 Å². The van der Waals surface area contributed by atoms with Crippen molar-refractivity contribution in [2.45, 2.75) is 26.7 Å². The third-order valence-electron chi connectivity index (χ3n) is 5.09. The largest absolute Gasteiger partial charge is 0.352 e. The van der Waals surface area contributed by atoms with Crippen LogP contribution in [0.2, 0.25) is 0 Å². The van der Waals surface area contributed by atoms with Gasteiger partial charge in [-0.25, -0.2) is 4.98 Å². The van der Waals surface area contributed by atoms with Crippen LogP contribution in [0.1, 0.15) is 47.4 Å². The van der Waals surface area contributed by atoms with Crippen molar-refractivity contribution in [3.05, 3.63) is 53.7 Å². The van der Waals surface area contributed by atoms with Crippen LogP contribution in [0.3, 0.4) is 0 Å². The second-order valence-electron chi connectivity index (χ2n) is 7.44. The Hall–Kier alpha value is -2.93. The van der Waals surface area contributed by atoms with E-state index in [1.807, 2.05) is 23.1 Å². The molecule has 30 heavy (non-hydrogen) atoms. The van der Waals surface area contributed by atoms with E-state index in [1.54, 1.807) is 24.4 Å². The quantitative estimate of drug-likeness (QED) is 0.701. The Morgan fingerprint density at radius 1 is 1.07 bits per heavy atom. The highest BCUT2D eigenvalue weighted by Crippen LogP contribution is 2.26. The maximum absolute atomic E-state index is 13.1. The SMILES string of the molecule is CCCN(CCC)C(=O)c1cnc(N2CCNCC2)c(NC(=O)c2ccccc2)c1. The van der Waals surface area contributed by atoms with E-state index in [-0.39, 0.29) is 11.8 Å². The summed E-state index contributed by atoms with van der Waals surface area (Å²) >= 11 is 0. The Balaban J connectivity index is 1.92. The van der Waals surface area contributed by atoms with Crippen LogP contribution in [0.25, 0.3) is 0 Å². The fourth-order valence-electron chi connectivity index (χ4n) is 3.62. The number of carbonyl (C=O) groups is 2. The number of piperazine rings is 1. The summed E-state index contributed by atoms with van der Waals surface area (Å²) in [6.45, 7) is 8.85. The molecule has 2 N–H and O–H groups in total. The number of nitrogens with one attached hydrogen (secondary N) is 2.